The number of nitrogens with zero attached hydrogens (tertiary/aromatic N) is 2. The predicted octanol–water partition coefficient (Wildman–Crippen LogP) is 4.31. The lowest BCUT2D eigenvalue weighted by atomic mass is 10.0. The summed E-state index contributed by atoms with van der Waals surface area (Å²) < 4.78 is 25.8. The van der Waals surface area contributed by atoms with Gasteiger partial charge in [-0.3, -0.25) is 9.71 Å². The number of aryl methyl sites for hydroxylation is 2. The van der Waals surface area contributed by atoms with Gasteiger partial charge in [-0.15, -0.1) is 11.3 Å². The van der Waals surface area contributed by atoms with Crippen LogP contribution >= 0.6 is 23.6 Å². The lowest BCUT2D eigenvalue weighted by Crippen LogP contribution is -2.29. The largest absolute Gasteiger partial charge is 0.351 e. The van der Waals surface area contributed by atoms with Gasteiger partial charge in [0.2, 0.25) is 10.0 Å². The summed E-state index contributed by atoms with van der Waals surface area (Å²) >= 11 is 7.47. The molecule has 156 valence electrons. The maximum absolute atomic E-state index is 11.6. The van der Waals surface area contributed by atoms with E-state index in [-0.39, 0.29) is 12.1 Å². The summed E-state index contributed by atoms with van der Waals surface area (Å²) in [5, 5.41) is 4.05. The summed E-state index contributed by atoms with van der Waals surface area (Å²) in [5.74, 6) is 0. The Hall–Kier alpha value is -2.49. The number of rotatable bonds is 5. The van der Waals surface area contributed by atoms with Crippen LogP contribution in [0.4, 0.5) is 11.4 Å². The number of aromatic nitrogens is 1. The molecular formula is C21H22N4O2S3. The van der Waals surface area contributed by atoms with Crippen LogP contribution in [0.15, 0.2) is 54.7 Å². The van der Waals surface area contributed by atoms with Crippen molar-refractivity contribution >= 4 is 50.1 Å². The Balaban J connectivity index is 1.77. The molecule has 9 heteroatoms. The Labute approximate surface area is 186 Å². The molecule has 0 bridgehead atoms. The number of anilines is 2. The Bertz CT molecular complexity index is 1190. The molecular weight excluding hydrogens is 436 g/mol. The van der Waals surface area contributed by atoms with Crippen molar-refractivity contribution in [3.8, 4) is 0 Å². The molecule has 0 radical (unpaired) electrons. The van der Waals surface area contributed by atoms with Crippen LogP contribution in [0.5, 0.6) is 0 Å². The highest BCUT2D eigenvalue weighted by molar-refractivity contribution is 7.92. The highest BCUT2D eigenvalue weighted by atomic mass is 32.2. The summed E-state index contributed by atoms with van der Waals surface area (Å²) in [6.07, 6.45) is 2.93. The molecule has 0 spiro atoms. The molecule has 2 aromatic heterocycles. The Morgan fingerprint density at radius 3 is 2.57 bits per heavy atom. The number of pyridine rings is 1. The molecule has 4 rings (SSSR count). The third-order valence-corrected chi connectivity index (χ3v) is 6.91. The van der Waals surface area contributed by atoms with Crippen molar-refractivity contribution in [3.63, 3.8) is 0 Å². The SMILES string of the molecule is Cc1ccc(C2C(c3ccccn3)NC(=S)N2c2ccc(NS(C)(=O)=O)c(C)c2)s1. The second-order valence-electron chi connectivity index (χ2n) is 7.32. The topological polar surface area (TPSA) is 74.3 Å². The number of thiophene rings is 1. The van der Waals surface area contributed by atoms with Crippen molar-refractivity contribution in [2.45, 2.75) is 25.9 Å². The minimum atomic E-state index is -3.35. The van der Waals surface area contributed by atoms with Gasteiger partial charge in [0.25, 0.3) is 0 Å². The molecule has 6 nitrogen and oxygen atoms in total. The van der Waals surface area contributed by atoms with Gasteiger partial charge in [0.05, 0.1) is 29.7 Å². The van der Waals surface area contributed by atoms with Crippen LogP contribution in [-0.2, 0) is 10.0 Å². The molecule has 3 heterocycles. The van der Waals surface area contributed by atoms with E-state index >= 15 is 0 Å². The van der Waals surface area contributed by atoms with Crippen molar-refractivity contribution in [2.75, 3.05) is 15.9 Å². The minimum Gasteiger partial charge on any atom is -0.351 e. The molecule has 3 aromatic rings. The molecule has 2 unspecified atom stereocenters. The van der Waals surface area contributed by atoms with Crippen molar-refractivity contribution in [1.82, 2.24) is 10.3 Å². The Morgan fingerprint density at radius 2 is 1.97 bits per heavy atom. The second kappa shape index (κ2) is 7.98. The summed E-state index contributed by atoms with van der Waals surface area (Å²) in [7, 11) is -3.35. The van der Waals surface area contributed by atoms with Crippen LogP contribution in [0.2, 0.25) is 0 Å². The third-order valence-electron chi connectivity index (χ3n) is 4.93. The molecule has 2 atom stereocenters. The minimum absolute atomic E-state index is 0.0563. The number of hydrogen-bond acceptors (Lipinski definition) is 5. The van der Waals surface area contributed by atoms with Crippen molar-refractivity contribution < 1.29 is 8.42 Å². The molecule has 1 aliphatic heterocycles. The van der Waals surface area contributed by atoms with Gasteiger partial charge in [-0.05, 0) is 74.1 Å². The second-order valence-corrected chi connectivity index (χ2v) is 10.8. The van der Waals surface area contributed by atoms with Gasteiger partial charge in [-0.25, -0.2) is 8.42 Å². The highest BCUT2D eigenvalue weighted by Gasteiger charge is 2.41. The average molecular weight is 459 g/mol. The van der Waals surface area contributed by atoms with Gasteiger partial charge in [0.1, 0.15) is 0 Å². The van der Waals surface area contributed by atoms with Crippen LogP contribution in [0.25, 0.3) is 0 Å². The summed E-state index contributed by atoms with van der Waals surface area (Å²) in [6, 6.07) is 15.6. The fourth-order valence-electron chi connectivity index (χ4n) is 3.65. The van der Waals surface area contributed by atoms with Gasteiger partial charge < -0.3 is 10.2 Å². The van der Waals surface area contributed by atoms with Crippen molar-refractivity contribution in [2.24, 2.45) is 0 Å². The monoisotopic (exact) mass is 458 g/mol. The zero-order valence-corrected chi connectivity index (χ0v) is 19.2. The lowest BCUT2D eigenvalue weighted by molar-refractivity contribution is 0.575. The lowest BCUT2D eigenvalue weighted by Gasteiger charge is -2.27. The zero-order chi connectivity index (χ0) is 21.5. The molecule has 0 amide bonds. The van der Waals surface area contributed by atoms with Crippen LogP contribution in [0.1, 0.15) is 33.1 Å². The molecule has 1 saturated heterocycles. The van der Waals surface area contributed by atoms with Crippen LogP contribution in [0.3, 0.4) is 0 Å². The highest BCUT2D eigenvalue weighted by Crippen LogP contribution is 2.44. The van der Waals surface area contributed by atoms with E-state index in [0.29, 0.717) is 10.8 Å². The van der Waals surface area contributed by atoms with E-state index in [9.17, 15) is 8.42 Å². The van der Waals surface area contributed by atoms with Crippen LogP contribution in [-0.4, -0.2) is 24.8 Å². The van der Waals surface area contributed by atoms with Crippen molar-refractivity contribution in [3.05, 3.63) is 75.7 Å². The van der Waals surface area contributed by atoms with Gasteiger partial charge >= 0.3 is 0 Å². The van der Waals surface area contributed by atoms with Crippen LogP contribution < -0.4 is 14.9 Å². The maximum Gasteiger partial charge on any atom is 0.229 e. The van der Waals surface area contributed by atoms with E-state index in [1.54, 1.807) is 23.6 Å². The third kappa shape index (κ3) is 4.19. The van der Waals surface area contributed by atoms with Crippen LogP contribution in [0, 0.1) is 13.8 Å². The number of benzene rings is 1. The number of sulfonamides is 1. The van der Waals surface area contributed by atoms with E-state index < -0.39 is 10.0 Å². The van der Waals surface area contributed by atoms with Crippen molar-refractivity contribution in [1.29, 1.82) is 0 Å². The normalized spacial score (nSPS) is 19.0. The molecule has 1 fully saturated rings. The predicted molar refractivity (Wildman–Crippen MR) is 127 cm³/mol. The van der Waals surface area contributed by atoms with E-state index in [0.717, 1.165) is 23.2 Å². The Morgan fingerprint density at radius 1 is 1.17 bits per heavy atom. The van der Waals surface area contributed by atoms with Gasteiger partial charge in [-0.2, -0.15) is 0 Å². The summed E-state index contributed by atoms with van der Waals surface area (Å²) in [4.78, 5) is 9.07. The average Bonchev–Trinajstić information content (AvgIpc) is 3.26. The van der Waals surface area contributed by atoms with E-state index in [1.165, 1.54) is 9.75 Å². The standard InChI is InChI=1S/C21H22N4O2S3/c1-13-12-15(8-9-16(13)24-30(3,26)27)25-20(18-10-7-14(2)29-18)19(23-21(25)28)17-6-4-5-11-22-17/h4-12,19-20,24H,1-3H3,(H,23,28). The molecule has 1 aromatic carbocycles. The fraction of sp³-hybridized carbons (Fsp3) is 0.238. The van der Waals surface area contributed by atoms with Gasteiger partial charge in [-0.1, -0.05) is 6.07 Å². The first-order chi connectivity index (χ1) is 14.2. The maximum atomic E-state index is 11.6. The summed E-state index contributed by atoms with van der Waals surface area (Å²) in [5.41, 5.74) is 3.20. The number of hydrogen-bond donors (Lipinski definition) is 2. The molecule has 30 heavy (non-hydrogen) atoms. The first-order valence-electron chi connectivity index (χ1n) is 9.38. The summed E-state index contributed by atoms with van der Waals surface area (Å²) in [6.45, 7) is 3.97. The first kappa shape index (κ1) is 20.8. The zero-order valence-electron chi connectivity index (χ0n) is 16.8. The first-order valence-corrected chi connectivity index (χ1v) is 12.5. The number of thiocarbonyl (C=S) groups is 1. The molecule has 1 aliphatic rings. The molecule has 0 saturated carbocycles. The van der Waals surface area contributed by atoms with Gasteiger partial charge in [0.15, 0.2) is 5.11 Å². The van der Waals surface area contributed by atoms with E-state index in [2.05, 4.69) is 39.0 Å². The van der Waals surface area contributed by atoms with E-state index in [1.807, 2.05) is 37.3 Å². The fourth-order valence-corrected chi connectivity index (χ4v) is 5.63. The Kier molecular flexibility index (Phi) is 5.52. The smallest absolute Gasteiger partial charge is 0.229 e. The van der Waals surface area contributed by atoms with Gasteiger partial charge in [0, 0.05) is 21.6 Å². The van der Waals surface area contributed by atoms with E-state index in [4.69, 9.17) is 12.2 Å². The molecule has 2 N–H and O–H groups in total. The quantitative estimate of drug-likeness (QED) is 0.555. The molecule has 0 aliphatic carbocycles. The number of nitrogens with one attached hydrogen (secondary N) is 2.